The van der Waals surface area contributed by atoms with Gasteiger partial charge >= 0.3 is 6.09 Å². The summed E-state index contributed by atoms with van der Waals surface area (Å²) in [6, 6.07) is 31.8. The second kappa shape index (κ2) is 12.1. The second-order valence-corrected chi connectivity index (χ2v) is 12.9. The minimum absolute atomic E-state index is 0. The third-order valence-electron chi connectivity index (χ3n) is 7.36. The second-order valence-electron chi connectivity index (χ2n) is 9.32. The first kappa shape index (κ1) is 27.1. The van der Waals surface area contributed by atoms with Crippen molar-refractivity contribution >= 4 is 35.2 Å². The summed E-state index contributed by atoms with van der Waals surface area (Å²) in [6.07, 6.45) is 2.80. The Labute approximate surface area is 230 Å². The van der Waals surface area contributed by atoms with Crippen molar-refractivity contribution < 1.29 is 31.3 Å². The van der Waals surface area contributed by atoms with E-state index in [4.69, 9.17) is 4.74 Å². The molecule has 2 fully saturated rings. The van der Waals surface area contributed by atoms with Crippen LogP contribution >= 0.6 is 7.26 Å². The number of benzene rings is 3. The molecule has 0 radical (unpaired) electrons. The van der Waals surface area contributed by atoms with Crippen molar-refractivity contribution in [2.45, 2.75) is 24.5 Å². The number of amides is 2. The number of hydrogen-bond acceptors (Lipinski definition) is 3. The van der Waals surface area contributed by atoms with E-state index in [0.29, 0.717) is 19.6 Å². The Hall–Kier alpha value is -2.95. The van der Waals surface area contributed by atoms with E-state index in [0.717, 1.165) is 12.8 Å². The highest BCUT2D eigenvalue weighted by atomic mass is 79.9. The lowest BCUT2D eigenvalue weighted by Gasteiger charge is -2.32. The summed E-state index contributed by atoms with van der Waals surface area (Å²) in [4.78, 5) is 30.4. The van der Waals surface area contributed by atoms with Crippen molar-refractivity contribution in [3.63, 3.8) is 0 Å². The highest BCUT2D eigenvalue weighted by Gasteiger charge is 2.59. The highest BCUT2D eigenvalue weighted by Crippen LogP contribution is 2.62. The first-order valence-corrected chi connectivity index (χ1v) is 14.4. The van der Waals surface area contributed by atoms with Gasteiger partial charge in [-0.15, -0.1) is 0 Å². The molecular formula is C30H32BrN2O3P. The maximum atomic E-state index is 14.3. The average molecular weight is 579 g/mol. The normalized spacial score (nSPS) is 19.4. The molecule has 2 aliphatic rings. The third kappa shape index (κ3) is 5.10. The van der Waals surface area contributed by atoms with E-state index >= 15 is 0 Å². The number of ether oxygens (including phenoxy) is 1. The standard InChI is InChI=1S/C30H32N2O3P.BrH/c1-2-22-35-30(34)31-20-18-24(23-31)32-21-19-28(29(32)33)36(25-12-6-3-7-13-25,26-14-8-4-9-15-26)27-16-10-5-11-17-27;/h2-17,24,28H,1,18-23H2;1H/q+1;/p-1. The molecule has 192 valence electrons. The van der Waals surface area contributed by atoms with Gasteiger partial charge < -0.3 is 31.5 Å². The minimum Gasteiger partial charge on any atom is -1.00 e. The van der Waals surface area contributed by atoms with Crippen LogP contribution in [-0.2, 0) is 9.53 Å². The fourth-order valence-corrected chi connectivity index (χ4v) is 10.7. The lowest BCUT2D eigenvalue weighted by atomic mass is 10.2. The maximum Gasteiger partial charge on any atom is 0.410 e. The number of carbonyl (C=O) groups excluding carboxylic acids is 2. The third-order valence-corrected chi connectivity index (χ3v) is 12.1. The number of halogens is 1. The van der Waals surface area contributed by atoms with Crippen molar-refractivity contribution in [2.24, 2.45) is 0 Å². The Morgan fingerprint density at radius 3 is 1.86 bits per heavy atom. The first-order chi connectivity index (χ1) is 17.7. The molecule has 5 nitrogen and oxygen atoms in total. The average Bonchev–Trinajstić information content (AvgIpc) is 3.57. The van der Waals surface area contributed by atoms with Crippen LogP contribution in [0.3, 0.4) is 0 Å². The zero-order chi connectivity index (χ0) is 25.0. The summed E-state index contributed by atoms with van der Waals surface area (Å²) in [5, 5.41) is 3.68. The van der Waals surface area contributed by atoms with E-state index in [1.165, 1.54) is 15.9 Å². The Kier molecular flexibility index (Phi) is 8.83. The molecule has 0 saturated carbocycles. The summed E-state index contributed by atoms with van der Waals surface area (Å²) < 4.78 is 5.23. The topological polar surface area (TPSA) is 49.9 Å². The Morgan fingerprint density at radius 1 is 0.865 bits per heavy atom. The SMILES string of the molecule is C=CCOC(=O)N1CCC(N2CCC([P+](c3ccccc3)(c3ccccc3)c3ccccc3)C2=O)C1.[Br-]. The van der Waals surface area contributed by atoms with Crippen LogP contribution in [0.1, 0.15) is 12.8 Å². The number of carbonyl (C=O) groups is 2. The molecule has 2 amide bonds. The van der Waals surface area contributed by atoms with Crippen LogP contribution in [0, 0.1) is 0 Å². The molecule has 0 aromatic heterocycles. The monoisotopic (exact) mass is 578 g/mol. The molecule has 0 bridgehead atoms. The lowest BCUT2D eigenvalue weighted by molar-refractivity contribution is -0.129. The quantitative estimate of drug-likeness (QED) is 0.310. The zero-order valence-corrected chi connectivity index (χ0v) is 23.3. The van der Waals surface area contributed by atoms with Crippen LogP contribution in [0.4, 0.5) is 4.79 Å². The molecule has 5 rings (SSSR count). The molecule has 2 atom stereocenters. The molecule has 2 heterocycles. The van der Waals surface area contributed by atoms with Crippen LogP contribution in [0.15, 0.2) is 104 Å². The molecule has 0 spiro atoms. The van der Waals surface area contributed by atoms with E-state index in [1.807, 2.05) is 23.1 Å². The van der Waals surface area contributed by atoms with Gasteiger partial charge in [0, 0.05) is 26.1 Å². The fourth-order valence-electron chi connectivity index (χ4n) is 5.77. The smallest absolute Gasteiger partial charge is 0.410 e. The molecule has 7 heteroatoms. The van der Waals surface area contributed by atoms with Crippen LogP contribution in [-0.4, -0.2) is 59.7 Å². The van der Waals surface area contributed by atoms with Crippen LogP contribution in [0.25, 0.3) is 0 Å². The van der Waals surface area contributed by atoms with Gasteiger partial charge in [0.05, 0.1) is 6.04 Å². The lowest BCUT2D eigenvalue weighted by Crippen LogP contribution is -3.00. The van der Waals surface area contributed by atoms with Crippen molar-refractivity contribution in [3.05, 3.63) is 104 Å². The Balaban J connectivity index is 0.00000320. The van der Waals surface area contributed by atoms with Crippen molar-refractivity contribution in [1.29, 1.82) is 0 Å². The van der Waals surface area contributed by atoms with Gasteiger partial charge in [0.2, 0.25) is 0 Å². The van der Waals surface area contributed by atoms with Crippen LogP contribution in [0.2, 0.25) is 0 Å². The van der Waals surface area contributed by atoms with Gasteiger partial charge in [0.1, 0.15) is 29.8 Å². The van der Waals surface area contributed by atoms with E-state index in [1.54, 1.807) is 11.0 Å². The molecule has 0 aliphatic carbocycles. The molecule has 0 N–H and O–H groups in total. The van der Waals surface area contributed by atoms with E-state index < -0.39 is 7.26 Å². The fraction of sp³-hybridized carbons (Fsp3) is 0.267. The summed E-state index contributed by atoms with van der Waals surface area (Å²) in [6.45, 7) is 5.63. The molecular weight excluding hydrogens is 547 g/mol. The summed E-state index contributed by atoms with van der Waals surface area (Å²) >= 11 is 0. The van der Waals surface area contributed by atoms with Crippen LogP contribution < -0.4 is 32.9 Å². The van der Waals surface area contributed by atoms with Gasteiger partial charge in [-0.3, -0.25) is 4.79 Å². The number of rotatable bonds is 7. The molecule has 3 aromatic carbocycles. The van der Waals surface area contributed by atoms with Crippen molar-refractivity contribution in [3.8, 4) is 0 Å². The van der Waals surface area contributed by atoms with Gasteiger partial charge in [-0.1, -0.05) is 67.3 Å². The van der Waals surface area contributed by atoms with Gasteiger partial charge in [0.25, 0.3) is 5.91 Å². The molecule has 2 saturated heterocycles. The zero-order valence-electron chi connectivity index (χ0n) is 20.8. The molecule has 3 aromatic rings. The largest absolute Gasteiger partial charge is 1.00 e. The predicted molar refractivity (Wildman–Crippen MR) is 147 cm³/mol. The van der Waals surface area contributed by atoms with E-state index in [9.17, 15) is 9.59 Å². The maximum absolute atomic E-state index is 14.3. The van der Waals surface area contributed by atoms with Crippen molar-refractivity contribution in [1.82, 2.24) is 9.80 Å². The van der Waals surface area contributed by atoms with Gasteiger partial charge in [0.15, 0.2) is 5.66 Å². The number of nitrogens with zero attached hydrogens (tertiary/aromatic N) is 2. The van der Waals surface area contributed by atoms with Gasteiger partial charge in [-0.2, -0.15) is 0 Å². The predicted octanol–water partition coefficient (Wildman–Crippen LogP) is 0.982. The minimum atomic E-state index is -2.29. The Bertz CT molecular complexity index is 1110. The summed E-state index contributed by atoms with van der Waals surface area (Å²) in [5.41, 5.74) is -0.147. The van der Waals surface area contributed by atoms with Crippen LogP contribution in [0.5, 0.6) is 0 Å². The Morgan fingerprint density at radius 2 is 1.38 bits per heavy atom. The number of hydrogen-bond donors (Lipinski definition) is 0. The summed E-state index contributed by atoms with van der Waals surface area (Å²) in [7, 11) is -2.29. The first-order valence-electron chi connectivity index (χ1n) is 12.5. The number of likely N-dealkylation sites (tertiary alicyclic amines) is 2. The molecule has 2 unspecified atom stereocenters. The van der Waals surface area contributed by atoms with E-state index in [-0.39, 0.29) is 47.3 Å². The van der Waals surface area contributed by atoms with E-state index in [2.05, 4.69) is 79.4 Å². The van der Waals surface area contributed by atoms with Crippen molar-refractivity contribution in [2.75, 3.05) is 26.2 Å². The molecule has 2 aliphatic heterocycles. The highest BCUT2D eigenvalue weighted by molar-refractivity contribution is 7.96. The molecule has 37 heavy (non-hydrogen) atoms. The van der Waals surface area contributed by atoms with Gasteiger partial charge in [-0.05, 0) is 42.8 Å². The summed E-state index contributed by atoms with van der Waals surface area (Å²) in [5.74, 6) is 0.200. The van der Waals surface area contributed by atoms with Gasteiger partial charge in [-0.25, -0.2) is 4.79 Å².